The van der Waals surface area contributed by atoms with E-state index in [2.05, 4.69) is 15.3 Å². The van der Waals surface area contributed by atoms with Crippen LogP contribution >= 0.6 is 11.3 Å². The van der Waals surface area contributed by atoms with Gasteiger partial charge in [-0.3, -0.25) is 4.79 Å². The molecule has 0 unspecified atom stereocenters. The second kappa shape index (κ2) is 7.09. The fourth-order valence-electron chi connectivity index (χ4n) is 2.68. The van der Waals surface area contributed by atoms with Gasteiger partial charge >= 0.3 is 0 Å². The van der Waals surface area contributed by atoms with Crippen molar-refractivity contribution in [3.8, 4) is 10.6 Å². The summed E-state index contributed by atoms with van der Waals surface area (Å²) in [6.45, 7) is 6.10. The van der Waals surface area contributed by atoms with Crippen molar-refractivity contribution in [1.82, 2.24) is 9.97 Å². The average molecular weight is 339 g/mol. The number of carbonyl (C=O) groups is 1. The van der Waals surface area contributed by atoms with Crippen LogP contribution in [0.2, 0.25) is 0 Å². The number of rotatable bonds is 5. The lowest BCUT2D eigenvalue weighted by Gasteiger charge is -2.15. The highest BCUT2D eigenvalue weighted by Gasteiger charge is 2.16. The first-order valence-corrected chi connectivity index (χ1v) is 9.07. The molecule has 1 N–H and O–H groups in total. The zero-order chi connectivity index (χ0) is 17.1. The summed E-state index contributed by atoms with van der Waals surface area (Å²) in [5.41, 5.74) is 3.82. The topological polar surface area (TPSA) is 54.9 Å². The summed E-state index contributed by atoms with van der Waals surface area (Å²) in [6.07, 6.45) is 3.48. The van der Waals surface area contributed by atoms with E-state index in [0.29, 0.717) is 0 Å². The first kappa shape index (κ1) is 16.6. The number of aryl methyl sites for hydroxylation is 1. The molecular weight excluding hydrogens is 318 g/mol. The van der Waals surface area contributed by atoms with Crippen molar-refractivity contribution in [2.75, 3.05) is 5.32 Å². The molecule has 0 saturated heterocycles. The van der Waals surface area contributed by atoms with Gasteiger partial charge in [-0.15, -0.1) is 0 Å². The van der Waals surface area contributed by atoms with Crippen LogP contribution in [0.4, 0.5) is 5.69 Å². The largest absolute Gasteiger partial charge is 0.326 e. The SMILES string of the molecule is CCC(CC)C(=O)Nc1cc(-c2nc3cccnc3s2)ccc1C. The predicted octanol–water partition coefficient (Wildman–Crippen LogP) is 5.04. The van der Waals surface area contributed by atoms with Crippen LogP contribution in [0.3, 0.4) is 0 Å². The van der Waals surface area contributed by atoms with E-state index in [0.717, 1.165) is 45.0 Å². The lowest BCUT2D eigenvalue weighted by atomic mass is 10.0. The number of fused-ring (bicyclic) bond motifs is 1. The number of benzene rings is 1. The Balaban J connectivity index is 1.92. The Hall–Kier alpha value is -2.27. The maximum Gasteiger partial charge on any atom is 0.227 e. The molecule has 0 aliphatic carbocycles. The molecule has 5 heteroatoms. The van der Waals surface area contributed by atoms with E-state index >= 15 is 0 Å². The summed E-state index contributed by atoms with van der Waals surface area (Å²) in [5, 5.41) is 4.00. The van der Waals surface area contributed by atoms with Crippen LogP contribution in [0.25, 0.3) is 20.9 Å². The summed E-state index contributed by atoms with van der Waals surface area (Å²) in [5.74, 6) is 0.144. The number of anilines is 1. The summed E-state index contributed by atoms with van der Waals surface area (Å²) in [7, 11) is 0. The standard InChI is InChI=1S/C19H21N3OS/c1-4-13(5-2)17(23)21-16-11-14(9-8-12(16)3)18-22-15-7-6-10-20-19(15)24-18/h6-11,13H,4-5H2,1-3H3,(H,21,23). The van der Waals surface area contributed by atoms with Crippen LogP contribution < -0.4 is 5.32 Å². The molecule has 24 heavy (non-hydrogen) atoms. The van der Waals surface area contributed by atoms with Crippen molar-refractivity contribution < 1.29 is 4.79 Å². The zero-order valence-corrected chi connectivity index (χ0v) is 15.0. The van der Waals surface area contributed by atoms with E-state index < -0.39 is 0 Å². The quantitative estimate of drug-likeness (QED) is 0.708. The molecule has 2 aromatic heterocycles. The van der Waals surface area contributed by atoms with Gasteiger partial charge in [-0.05, 0) is 43.5 Å². The number of hydrogen-bond donors (Lipinski definition) is 1. The van der Waals surface area contributed by atoms with Gasteiger partial charge in [-0.2, -0.15) is 0 Å². The van der Waals surface area contributed by atoms with Crippen molar-refractivity contribution in [1.29, 1.82) is 0 Å². The van der Waals surface area contributed by atoms with Crippen LogP contribution in [0, 0.1) is 12.8 Å². The second-order valence-corrected chi connectivity index (χ2v) is 6.86. The van der Waals surface area contributed by atoms with Crippen LogP contribution in [0.5, 0.6) is 0 Å². The van der Waals surface area contributed by atoms with Crippen LogP contribution in [-0.2, 0) is 4.79 Å². The summed E-state index contributed by atoms with van der Waals surface area (Å²) >= 11 is 1.56. The van der Waals surface area contributed by atoms with Gasteiger partial charge in [0.15, 0.2) is 0 Å². The molecule has 0 atom stereocenters. The normalized spacial score (nSPS) is 11.2. The predicted molar refractivity (Wildman–Crippen MR) is 100 cm³/mol. The van der Waals surface area contributed by atoms with Gasteiger partial charge in [0, 0.05) is 23.4 Å². The molecule has 2 heterocycles. The maximum absolute atomic E-state index is 12.4. The van der Waals surface area contributed by atoms with Gasteiger partial charge in [-0.1, -0.05) is 37.3 Å². The Bertz CT molecular complexity index is 835. The third-order valence-electron chi connectivity index (χ3n) is 4.27. The van der Waals surface area contributed by atoms with Crippen molar-refractivity contribution in [3.05, 3.63) is 42.1 Å². The maximum atomic E-state index is 12.4. The molecule has 1 aromatic carbocycles. The molecule has 3 aromatic rings. The minimum atomic E-state index is 0.0553. The molecule has 3 rings (SSSR count). The lowest BCUT2D eigenvalue weighted by molar-refractivity contribution is -0.120. The molecular formula is C19H21N3OS. The Morgan fingerprint density at radius 3 is 2.75 bits per heavy atom. The molecule has 0 aliphatic heterocycles. The van der Waals surface area contributed by atoms with E-state index in [1.807, 2.05) is 51.1 Å². The summed E-state index contributed by atoms with van der Waals surface area (Å²) in [4.78, 5) is 22.3. The molecule has 0 bridgehead atoms. The van der Waals surface area contributed by atoms with Gasteiger partial charge in [0.05, 0.1) is 0 Å². The van der Waals surface area contributed by atoms with E-state index in [1.54, 1.807) is 17.5 Å². The van der Waals surface area contributed by atoms with Crippen LogP contribution in [0.1, 0.15) is 32.3 Å². The van der Waals surface area contributed by atoms with Crippen molar-refractivity contribution in [3.63, 3.8) is 0 Å². The number of pyridine rings is 1. The number of amides is 1. The highest BCUT2D eigenvalue weighted by molar-refractivity contribution is 7.21. The van der Waals surface area contributed by atoms with Crippen molar-refractivity contribution in [2.24, 2.45) is 5.92 Å². The van der Waals surface area contributed by atoms with Crippen molar-refractivity contribution in [2.45, 2.75) is 33.6 Å². The van der Waals surface area contributed by atoms with E-state index in [4.69, 9.17) is 0 Å². The molecule has 0 radical (unpaired) electrons. The highest BCUT2D eigenvalue weighted by Crippen LogP contribution is 2.31. The van der Waals surface area contributed by atoms with Gasteiger partial charge in [0.2, 0.25) is 5.91 Å². The Kier molecular flexibility index (Phi) is 4.90. The molecule has 0 aliphatic rings. The average Bonchev–Trinajstić information content (AvgIpc) is 3.02. The van der Waals surface area contributed by atoms with Gasteiger partial charge in [-0.25, -0.2) is 9.97 Å². The lowest BCUT2D eigenvalue weighted by Crippen LogP contribution is -2.22. The second-order valence-electron chi connectivity index (χ2n) is 5.88. The molecule has 1 amide bonds. The summed E-state index contributed by atoms with van der Waals surface area (Å²) in [6, 6.07) is 9.93. The van der Waals surface area contributed by atoms with Gasteiger partial charge in [0.1, 0.15) is 15.4 Å². The smallest absolute Gasteiger partial charge is 0.227 e. The number of nitrogens with zero attached hydrogens (tertiary/aromatic N) is 2. The Morgan fingerprint density at radius 1 is 1.25 bits per heavy atom. The van der Waals surface area contributed by atoms with Crippen LogP contribution in [-0.4, -0.2) is 15.9 Å². The Morgan fingerprint density at radius 2 is 2.04 bits per heavy atom. The number of carbonyl (C=O) groups excluding carboxylic acids is 1. The monoisotopic (exact) mass is 339 g/mol. The molecule has 0 fully saturated rings. The number of thiazole rings is 1. The minimum Gasteiger partial charge on any atom is -0.326 e. The number of hydrogen-bond acceptors (Lipinski definition) is 4. The van der Waals surface area contributed by atoms with E-state index in [-0.39, 0.29) is 11.8 Å². The third-order valence-corrected chi connectivity index (χ3v) is 5.29. The van der Waals surface area contributed by atoms with Gasteiger partial charge < -0.3 is 5.32 Å². The van der Waals surface area contributed by atoms with Crippen molar-refractivity contribution >= 4 is 33.3 Å². The molecule has 0 spiro atoms. The molecule has 124 valence electrons. The summed E-state index contributed by atoms with van der Waals surface area (Å²) < 4.78 is 0. The molecule has 4 nitrogen and oxygen atoms in total. The van der Waals surface area contributed by atoms with Crippen LogP contribution in [0.15, 0.2) is 36.5 Å². The first-order chi connectivity index (χ1) is 11.6. The minimum absolute atomic E-state index is 0.0553. The zero-order valence-electron chi connectivity index (χ0n) is 14.2. The van der Waals surface area contributed by atoms with Gasteiger partial charge in [0.25, 0.3) is 0 Å². The number of aromatic nitrogens is 2. The first-order valence-electron chi connectivity index (χ1n) is 8.25. The van der Waals surface area contributed by atoms with E-state index in [9.17, 15) is 4.79 Å². The third kappa shape index (κ3) is 3.31. The Labute approximate surface area is 146 Å². The fourth-order valence-corrected chi connectivity index (χ4v) is 3.58. The highest BCUT2D eigenvalue weighted by atomic mass is 32.1. The molecule has 0 saturated carbocycles. The fraction of sp³-hybridized carbons (Fsp3) is 0.316. The number of nitrogens with one attached hydrogen (secondary N) is 1. The van der Waals surface area contributed by atoms with E-state index in [1.165, 1.54) is 0 Å².